The summed E-state index contributed by atoms with van der Waals surface area (Å²) in [5.74, 6) is 0.182. The first-order valence-electron chi connectivity index (χ1n) is 5.42. The SMILES string of the molecule is O=C1CC(Br)CN1CCOCCOCCO. The third-order valence-electron chi connectivity index (χ3n) is 2.28. The van der Waals surface area contributed by atoms with Crippen LogP contribution >= 0.6 is 15.9 Å². The van der Waals surface area contributed by atoms with Gasteiger partial charge in [0.2, 0.25) is 5.91 Å². The van der Waals surface area contributed by atoms with Crippen LogP contribution in [0.4, 0.5) is 0 Å². The van der Waals surface area contributed by atoms with Gasteiger partial charge < -0.3 is 19.5 Å². The van der Waals surface area contributed by atoms with Crippen LogP contribution in [0.3, 0.4) is 0 Å². The van der Waals surface area contributed by atoms with Crippen molar-refractivity contribution in [2.24, 2.45) is 0 Å². The zero-order valence-electron chi connectivity index (χ0n) is 9.23. The second-order valence-electron chi connectivity index (χ2n) is 3.59. The summed E-state index contributed by atoms with van der Waals surface area (Å²) in [6.07, 6.45) is 0.583. The van der Waals surface area contributed by atoms with E-state index in [0.29, 0.717) is 39.4 Å². The molecule has 1 amide bonds. The van der Waals surface area contributed by atoms with Gasteiger partial charge in [-0.25, -0.2) is 0 Å². The van der Waals surface area contributed by atoms with Crippen molar-refractivity contribution in [2.45, 2.75) is 11.2 Å². The quantitative estimate of drug-likeness (QED) is 0.506. The number of aliphatic hydroxyl groups excluding tert-OH is 1. The molecule has 1 heterocycles. The van der Waals surface area contributed by atoms with Gasteiger partial charge in [0.25, 0.3) is 0 Å². The summed E-state index contributed by atoms with van der Waals surface area (Å²) in [4.78, 5) is 13.5. The lowest BCUT2D eigenvalue weighted by Gasteiger charge is -2.15. The number of aliphatic hydroxyl groups is 1. The maximum Gasteiger partial charge on any atom is 0.223 e. The third kappa shape index (κ3) is 5.25. The number of rotatable bonds is 8. The minimum absolute atomic E-state index is 0.0366. The lowest BCUT2D eigenvalue weighted by Crippen LogP contribution is -2.29. The van der Waals surface area contributed by atoms with Crippen LogP contribution in [0.5, 0.6) is 0 Å². The maximum absolute atomic E-state index is 11.4. The molecule has 1 unspecified atom stereocenters. The molecule has 0 bridgehead atoms. The van der Waals surface area contributed by atoms with Crippen LogP contribution in [0.2, 0.25) is 0 Å². The number of ether oxygens (including phenoxy) is 2. The van der Waals surface area contributed by atoms with Gasteiger partial charge in [-0.15, -0.1) is 0 Å². The van der Waals surface area contributed by atoms with Crippen molar-refractivity contribution in [3.63, 3.8) is 0 Å². The largest absolute Gasteiger partial charge is 0.394 e. The van der Waals surface area contributed by atoms with Crippen molar-refractivity contribution in [1.29, 1.82) is 0 Å². The zero-order valence-corrected chi connectivity index (χ0v) is 10.8. The molecule has 0 aromatic carbocycles. The smallest absolute Gasteiger partial charge is 0.223 e. The molecular weight excluding hydrogens is 278 g/mol. The Balaban J connectivity index is 1.93. The Labute approximate surface area is 104 Å². The summed E-state index contributed by atoms with van der Waals surface area (Å²) in [5.41, 5.74) is 0. The molecule has 5 nitrogen and oxygen atoms in total. The standard InChI is InChI=1S/C10H18BrNO4/c11-9-7-10(14)12(8-9)1-3-15-5-6-16-4-2-13/h9,13H,1-8H2. The maximum atomic E-state index is 11.4. The van der Waals surface area contributed by atoms with E-state index in [9.17, 15) is 4.79 Å². The van der Waals surface area contributed by atoms with Crippen LogP contribution < -0.4 is 0 Å². The highest BCUT2D eigenvalue weighted by Gasteiger charge is 2.26. The van der Waals surface area contributed by atoms with E-state index in [1.165, 1.54) is 0 Å². The van der Waals surface area contributed by atoms with Crippen molar-refractivity contribution in [3.8, 4) is 0 Å². The molecule has 1 aliphatic heterocycles. The summed E-state index contributed by atoms with van der Waals surface area (Å²) in [6, 6.07) is 0. The molecule has 0 saturated carbocycles. The van der Waals surface area contributed by atoms with Crippen molar-refractivity contribution < 1.29 is 19.4 Å². The fourth-order valence-corrected chi connectivity index (χ4v) is 2.13. The highest BCUT2D eigenvalue weighted by atomic mass is 79.9. The van der Waals surface area contributed by atoms with Gasteiger partial charge >= 0.3 is 0 Å². The predicted molar refractivity (Wildman–Crippen MR) is 62.6 cm³/mol. The minimum Gasteiger partial charge on any atom is -0.394 e. The number of alkyl halides is 1. The summed E-state index contributed by atoms with van der Waals surface area (Å²) >= 11 is 3.42. The lowest BCUT2D eigenvalue weighted by molar-refractivity contribution is -0.128. The first-order chi connectivity index (χ1) is 7.74. The second-order valence-corrected chi connectivity index (χ2v) is 4.88. The highest BCUT2D eigenvalue weighted by Crippen LogP contribution is 2.17. The Kier molecular flexibility index (Phi) is 6.95. The van der Waals surface area contributed by atoms with Gasteiger partial charge in [0.1, 0.15) is 0 Å². The number of amides is 1. The summed E-state index contributed by atoms with van der Waals surface area (Å²) in [6.45, 7) is 3.31. The van der Waals surface area contributed by atoms with E-state index in [2.05, 4.69) is 15.9 Å². The first kappa shape index (κ1) is 13.9. The van der Waals surface area contributed by atoms with Gasteiger partial charge in [0.15, 0.2) is 0 Å². The number of carbonyl (C=O) groups excluding carboxylic acids is 1. The number of likely N-dealkylation sites (tertiary alicyclic amines) is 1. The Bertz CT molecular complexity index is 215. The molecule has 16 heavy (non-hydrogen) atoms. The Hall–Kier alpha value is -0.170. The van der Waals surface area contributed by atoms with Crippen LogP contribution in [-0.4, -0.2) is 66.9 Å². The molecule has 1 rings (SSSR count). The van der Waals surface area contributed by atoms with Gasteiger partial charge in [-0.2, -0.15) is 0 Å². The molecule has 94 valence electrons. The molecule has 1 atom stereocenters. The number of carbonyl (C=O) groups is 1. The minimum atomic E-state index is 0.0366. The van der Waals surface area contributed by atoms with E-state index in [0.717, 1.165) is 6.54 Å². The summed E-state index contributed by atoms with van der Waals surface area (Å²) in [7, 11) is 0. The van der Waals surface area contributed by atoms with E-state index >= 15 is 0 Å². The topological polar surface area (TPSA) is 59.0 Å². The Morgan fingerprint density at radius 2 is 2.00 bits per heavy atom. The monoisotopic (exact) mass is 295 g/mol. The molecular formula is C10H18BrNO4. The average molecular weight is 296 g/mol. The number of hydrogen-bond donors (Lipinski definition) is 1. The first-order valence-corrected chi connectivity index (χ1v) is 6.34. The molecule has 0 radical (unpaired) electrons. The van der Waals surface area contributed by atoms with E-state index in [1.54, 1.807) is 4.90 Å². The molecule has 1 fully saturated rings. The van der Waals surface area contributed by atoms with Crippen LogP contribution in [0, 0.1) is 0 Å². The Morgan fingerprint density at radius 1 is 1.31 bits per heavy atom. The van der Waals surface area contributed by atoms with E-state index in [1.807, 2.05) is 0 Å². The molecule has 1 aliphatic rings. The van der Waals surface area contributed by atoms with Gasteiger partial charge in [0.05, 0.1) is 33.0 Å². The fourth-order valence-electron chi connectivity index (χ4n) is 1.50. The number of halogens is 1. The van der Waals surface area contributed by atoms with Crippen LogP contribution in [0.1, 0.15) is 6.42 Å². The Morgan fingerprint density at radius 3 is 2.56 bits per heavy atom. The van der Waals surface area contributed by atoms with Crippen LogP contribution in [0.15, 0.2) is 0 Å². The summed E-state index contributed by atoms with van der Waals surface area (Å²) in [5, 5.41) is 8.45. The average Bonchev–Trinajstić information content (AvgIpc) is 2.56. The normalized spacial score (nSPS) is 20.8. The number of hydrogen-bond acceptors (Lipinski definition) is 4. The van der Waals surface area contributed by atoms with Gasteiger partial charge in [0, 0.05) is 24.3 Å². The van der Waals surface area contributed by atoms with E-state index < -0.39 is 0 Å². The highest BCUT2D eigenvalue weighted by molar-refractivity contribution is 9.09. The zero-order chi connectivity index (χ0) is 11.8. The van der Waals surface area contributed by atoms with E-state index in [-0.39, 0.29) is 17.3 Å². The molecule has 0 spiro atoms. The summed E-state index contributed by atoms with van der Waals surface area (Å²) < 4.78 is 10.3. The second kappa shape index (κ2) is 8.00. The molecule has 6 heteroatoms. The number of nitrogens with zero attached hydrogens (tertiary/aromatic N) is 1. The third-order valence-corrected chi connectivity index (χ3v) is 2.89. The van der Waals surface area contributed by atoms with Crippen LogP contribution in [-0.2, 0) is 14.3 Å². The van der Waals surface area contributed by atoms with Gasteiger partial charge in [-0.1, -0.05) is 15.9 Å². The van der Waals surface area contributed by atoms with Crippen LogP contribution in [0.25, 0.3) is 0 Å². The molecule has 0 aromatic heterocycles. The van der Waals surface area contributed by atoms with Gasteiger partial charge in [-0.05, 0) is 0 Å². The van der Waals surface area contributed by atoms with Crippen molar-refractivity contribution in [3.05, 3.63) is 0 Å². The van der Waals surface area contributed by atoms with Crippen molar-refractivity contribution >= 4 is 21.8 Å². The fraction of sp³-hybridized carbons (Fsp3) is 0.900. The van der Waals surface area contributed by atoms with E-state index in [4.69, 9.17) is 14.6 Å². The van der Waals surface area contributed by atoms with Gasteiger partial charge in [-0.3, -0.25) is 4.79 Å². The van der Waals surface area contributed by atoms with Crippen molar-refractivity contribution in [1.82, 2.24) is 4.90 Å². The lowest BCUT2D eigenvalue weighted by atomic mass is 10.4. The van der Waals surface area contributed by atoms with Crippen molar-refractivity contribution in [2.75, 3.05) is 46.1 Å². The molecule has 1 saturated heterocycles. The predicted octanol–water partition coefficient (Wildman–Crippen LogP) is 0.00770. The molecule has 0 aromatic rings. The molecule has 1 N–H and O–H groups in total. The molecule has 0 aliphatic carbocycles.